The van der Waals surface area contributed by atoms with Crippen molar-refractivity contribution in [1.29, 1.82) is 0 Å². The van der Waals surface area contributed by atoms with Crippen LogP contribution in [0, 0.1) is 11.6 Å². The third-order valence-corrected chi connectivity index (χ3v) is 5.21. The van der Waals surface area contributed by atoms with Crippen LogP contribution in [0.5, 0.6) is 0 Å². The fourth-order valence-corrected chi connectivity index (χ4v) is 3.50. The number of aromatic nitrogens is 1. The summed E-state index contributed by atoms with van der Waals surface area (Å²) in [6.07, 6.45) is -3.97. The molecule has 0 radical (unpaired) electrons. The van der Waals surface area contributed by atoms with Crippen LogP contribution in [0.25, 0.3) is 11.3 Å². The van der Waals surface area contributed by atoms with Gasteiger partial charge in [-0.1, -0.05) is 0 Å². The number of rotatable bonds is 4. The number of piperidine rings is 1. The van der Waals surface area contributed by atoms with Gasteiger partial charge in [-0.3, -0.25) is 9.78 Å². The lowest BCUT2D eigenvalue weighted by molar-refractivity contribution is -0.162. The third-order valence-electron chi connectivity index (χ3n) is 5.21. The second kappa shape index (κ2) is 9.49. The van der Waals surface area contributed by atoms with Crippen molar-refractivity contribution in [1.82, 2.24) is 14.8 Å². The molecule has 0 aliphatic carbocycles. The summed E-state index contributed by atoms with van der Waals surface area (Å²) in [7, 11) is 1.56. The van der Waals surface area contributed by atoms with Crippen LogP contribution in [0.4, 0.5) is 32.4 Å². The highest BCUT2D eigenvalue weighted by molar-refractivity contribution is 5.89. The molecule has 1 aromatic carbocycles. The monoisotopic (exact) mass is 456 g/mol. The van der Waals surface area contributed by atoms with E-state index in [1.165, 1.54) is 23.2 Å². The predicted molar refractivity (Wildman–Crippen MR) is 107 cm³/mol. The Balaban J connectivity index is 1.54. The molecule has 11 heteroatoms. The number of halogens is 5. The van der Waals surface area contributed by atoms with E-state index in [4.69, 9.17) is 0 Å². The van der Waals surface area contributed by atoms with Gasteiger partial charge in [0.05, 0.1) is 17.6 Å². The molecule has 1 aromatic heterocycles. The molecule has 1 aliphatic rings. The Labute approximate surface area is 181 Å². The maximum atomic E-state index is 13.4. The summed E-state index contributed by atoms with van der Waals surface area (Å²) in [4.78, 5) is 30.9. The first-order valence-corrected chi connectivity index (χ1v) is 9.83. The number of likely N-dealkylation sites (tertiary alicyclic amines) is 1. The third kappa shape index (κ3) is 6.14. The lowest BCUT2D eigenvalue weighted by atomic mass is 10.0. The van der Waals surface area contributed by atoms with E-state index >= 15 is 0 Å². The highest BCUT2D eigenvalue weighted by Gasteiger charge is 2.35. The van der Waals surface area contributed by atoms with Gasteiger partial charge in [0.1, 0.15) is 18.1 Å². The number of hydrogen-bond acceptors (Lipinski definition) is 3. The molecule has 0 bridgehead atoms. The number of pyridine rings is 1. The van der Waals surface area contributed by atoms with Gasteiger partial charge in [-0.05, 0) is 37.1 Å². The van der Waals surface area contributed by atoms with E-state index in [0.29, 0.717) is 24.2 Å². The molecule has 1 aliphatic heterocycles. The first-order chi connectivity index (χ1) is 15.0. The van der Waals surface area contributed by atoms with Gasteiger partial charge in [-0.2, -0.15) is 13.2 Å². The molecule has 0 unspecified atom stereocenters. The summed E-state index contributed by atoms with van der Waals surface area (Å²) in [5.74, 6) is -2.42. The molecule has 0 spiro atoms. The number of amides is 3. The molecule has 6 nitrogen and oxygen atoms in total. The smallest absolute Gasteiger partial charge is 0.342 e. The molecule has 1 N–H and O–H groups in total. The second-order valence-corrected chi connectivity index (χ2v) is 7.54. The lowest BCUT2D eigenvalue weighted by Gasteiger charge is -2.36. The van der Waals surface area contributed by atoms with E-state index in [2.05, 4.69) is 10.3 Å². The first-order valence-electron chi connectivity index (χ1n) is 9.83. The van der Waals surface area contributed by atoms with Crippen LogP contribution >= 0.6 is 0 Å². The molecule has 172 valence electrons. The number of carbonyl (C=O) groups excluding carboxylic acids is 2. The molecule has 32 heavy (non-hydrogen) atoms. The van der Waals surface area contributed by atoms with E-state index in [1.807, 2.05) is 0 Å². The van der Waals surface area contributed by atoms with Crippen molar-refractivity contribution in [2.75, 3.05) is 25.5 Å². The summed E-state index contributed by atoms with van der Waals surface area (Å²) >= 11 is 0. The summed E-state index contributed by atoms with van der Waals surface area (Å²) in [5.41, 5.74) is 0.940. The molecule has 2 aromatic rings. The number of hydrogen-bond donors (Lipinski definition) is 1. The zero-order valence-electron chi connectivity index (χ0n) is 17.1. The van der Waals surface area contributed by atoms with E-state index < -0.39 is 36.2 Å². The normalized spacial score (nSPS) is 14.9. The van der Waals surface area contributed by atoms with Gasteiger partial charge >= 0.3 is 12.2 Å². The van der Waals surface area contributed by atoms with Gasteiger partial charge in [0.15, 0.2) is 0 Å². The maximum Gasteiger partial charge on any atom is 0.397 e. The van der Waals surface area contributed by atoms with Crippen molar-refractivity contribution in [3.05, 3.63) is 48.2 Å². The van der Waals surface area contributed by atoms with Gasteiger partial charge in [-0.25, -0.2) is 13.6 Å². The average Bonchev–Trinajstić information content (AvgIpc) is 2.72. The van der Waals surface area contributed by atoms with Crippen molar-refractivity contribution in [2.45, 2.75) is 31.5 Å². The van der Waals surface area contributed by atoms with E-state index in [1.54, 1.807) is 7.05 Å². The van der Waals surface area contributed by atoms with Crippen molar-refractivity contribution in [3.63, 3.8) is 0 Å². The standard InChI is InChI=1S/C21H21F5N4O2/c1-29(17-4-6-30(7-5-17)19(31)11-21(24,25)26)20(32)28-16-2-3-18(27-12-16)13-8-14(22)10-15(23)9-13/h2-3,8-10,12,17H,4-7,11H2,1H3,(H,28,32). The second-order valence-electron chi connectivity index (χ2n) is 7.54. The Bertz CT molecular complexity index is 953. The van der Waals surface area contributed by atoms with Crippen molar-refractivity contribution in [3.8, 4) is 11.3 Å². The number of urea groups is 1. The maximum absolute atomic E-state index is 13.4. The zero-order chi connectivity index (χ0) is 23.5. The van der Waals surface area contributed by atoms with Gasteiger partial charge in [-0.15, -0.1) is 0 Å². The molecular formula is C21H21F5N4O2. The predicted octanol–water partition coefficient (Wildman–Crippen LogP) is 4.43. The van der Waals surface area contributed by atoms with Crippen molar-refractivity contribution >= 4 is 17.6 Å². The van der Waals surface area contributed by atoms with Gasteiger partial charge in [0.2, 0.25) is 5.91 Å². The largest absolute Gasteiger partial charge is 0.397 e. The summed E-state index contributed by atoms with van der Waals surface area (Å²) in [6, 6.07) is 5.39. The molecule has 2 heterocycles. The Morgan fingerprint density at radius 2 is 1.75 bits per heavy atom. The minimum absolute atomic E-state index is 0.137. The summed E-state index contributed by atoms with van der Waals surface area (Å²) < 4.78 is 63.9. The average molecular weight is 456 g/mol. The topological polar surface area (TPSA) is 65.5 Å². The molecule has 0 saturated carbocycles. The minimum Gasteiger partial charge on any atom is -0.342 e. The van der Waals surface area contributed by atoms with E-state index in [9.17, 15) is 31.5 Å². The highest BCUT2D eigenvalue weighted by atomic mass is 19.4. The number of anilines is 1. The summed E-state index contributed by atoms with van der Waals surface area (Å²) in [6.45, 7) is 0.273. The number of carbonyl (C=O) groups is 2. The fourth-order valence-electron chi connectivity index (χ4n) is 3.50. The Morgan fingerprint density at radius 3 is 2.28 bits per heavy atom. The van der Waals surface area contributed by atoms with Gasteiger partial charge in [0, 0.05) is 37.8 Å². The number of nitrogens with one attached hydrogen (secondary N) is 1. The van der Waals surface area contributed by atoms with Crippen LogP contribution in [0.2, 0.25) is 0 Å². The highest BCUT2D eigenvalue weighted by Crippen LogP contribution is 2.24. The van der Waals surface area contributed by atoms with Crippen LogP contribution < -0.4 is 5.32 Å². The number of nitrogens with zero attached hydrogens (tertiary/aromatic N) is 3. The Kier molecular flexibility index (Phi) is 6.95. The van der Waals surface area contributed by atoms with Gasteiger partial charge in [0.25, 0.3) is 0 Å². The van der Waals surface area contributed by atoms with Crippen molar-refractivity contribution < 1.29 is 31.5 Å². The first kappa shape index (κ1) is 23.4. The molecule has 3 rings (SSSR count). The van der Waals surface area contributed by atoms with Crippen molar-refractivity contribution in [2.24, 2.45) is 0 Å². The number of alkyl halides is 3. The quantitative estimate of drug-likeness (QED) is 0.693. The fraction of sp³-hybridized carbons (Fsp3) is 0.381. The molecular weight excluding hydrogens is 435 g/mol. The van der Waals surface area contributed by atoms with Crippen LogP contribution in [-0.2, 0) is 4.79 Å². The Morgan fingerprint density at radius 1 is 1.12 bits per heavy atom. The Hall–Kier alpha value is -3.24. The van der Waals surface area contributed by atoms with E-state index in [-0.39, 0.29) is 24.7 Å². The van der Waals surface area contributed by atoms with E-state index in [0.717, 1.165) is 23.1 Å². The number of benzene rings is 1. The lowest BCUT2D eigenvalue weighted by Crippen LogP contribution is -2.48. The summed E-state index contributed by atoms with van der Waals surface area (Å²) in [5, 5.41) is 2.65. The van der Waals surface area contributed by atoms with Crippen LogP contribution in [0.3, 0.4) is 0 Å². The molecule has 1 saturated heterocycles. The molecule has 0 atom stereocenters. The zero-order valence-corrected chi connectivity index (χ0v) is 17.1. The van der Waals surface area contributed by atoms with Gasteiger partial charge < -0.3 is 15.1 Å². The minimum atomic E-state index is -4.54. The van der Waals surface area contributed by atoms with Crippen LogP contribution in [0.1, 0.15) is 19.3 Å². The molecule has 3 amide bonds. The SMILES string of the molecule is CN(C(=O)Nc1ccc(-c2cc(F)cc(F)c2)nc1)C1CCN(C(=O)CC(F)(F)F)CC1. The van der Waals surface area contributed by atoms with Crippen LogP contribution in [-0.4, -0.2) is 59.1 Å². The molecule has 1 fully saturated rings. The van der Waals surface area contributed by atoms with Crippen LogP contribution in [0.15, 0.2) is 36.5 Å².